The zero-order valence-electron chi connectivity index (χ0n) is 11.2. The maximum absolute atomic E-state index is 13.7. The smallest absolute Gasteiger partial charge is 0.294 e. The molecule has 2 atom stereocenters. The topological polar surface area (TPSA) is 72.4 Å². The molecule has 7 heteroatoms. The van der Waals surface area contributed by atoms with Crippen molar-refractivity contribution in [2.75, 3.05) is 18.0 Å². The Balaban J connectivity index is 2.45. The lowest BCUT2D eigenvalue weighted by atomic mass is 9.92. The van der Waals surface area contributed by atoms with Gasteiger partial charge in [0.15, 0.2) is 0 Å². The molecule has 1 aliphatic rings. The summed E-state index contributed by atoms with van der Waals surface area (Å²) in [5, 5.41) is 10.9. The van der Waals surface area contributed by atoms with E-state index in [2.05, 4.69) is 6.92 Å². The first-order valence-electron chi connectivity index (χ1n) is 6.54. The van der Waals surface area contributed by atoms with Gasteiger partial charge in [0.2, 0.25) is 0 Å². The van der Waals surface area contributed by atoms with Crippen LogP contribution in [0.5, 0.6) is 0 Å². The predicted octanol–water partition coefficient (Wildman–Crippen LogP) is 2.95. The van der Waals surface area contributed by atoms with Crippen LogP contribution in [0, 0.1) is 21.8 Å². The third kappa shape index (κ3) is 2.86. The normalized spacial score (nSPS) is 22.9. The minimum atomic E-state index is -0.651. The average Bonchev–Trinajstić information content (AvgIpc) is 2.41. The number of hydrogen-bond acceptors (Lipinski definition) is 4. The second-order valence-electron chi connectivity index (χ2n) is 5.22. The molecular weight excluding hydrogens is 285 g/mol. The van der Waals surface area contributed by atoms with Gasteiger partial charge in [-0.15, -0.1) is 0 Å². The van der Waals surface area contributed by atoms with E-state index in [0.29, 0.717) is 19.0 Å². The third-order valence-electron chi connectivity index (χ3n) is 3.77. The van der Waals surface area contributed by atoms with Crippen LogP contribution < -0.4 is 10.6 Å². The molecule has 2 N–H and O–H groups in total. The minimum Gasteiger partial charge on any atom is -0.362 e. The fourth-order valence-corrected chi connectivity index (χ4v) is 2.85. The molecule has 1 saturated heterocycles. The van der Waals surface area contributed by atoms with E-state index in [4.69, 9.17) is 17.3 Å². The fraction of sp³-hybridized carbons (Fsp3) is 0.538. The largest absolute Gasteiger partial charge is 0.362 e. The highest BCUT2D eigenvalue weighted by molar-refractivity contribution is 6.31. The summed E-state index contributed by atoms with van der Waals surface area (Å²) in [6.07, 6.45) is 1.75. The van der Waals surface area contributed by atoms with Crippen LogP contribution in [0.25, 0.3) is 0 Å². The number of halogens is 2. The van der Waals surface area contributed by atoms with E-state index in [0.717, 1.165) is 25.0 Å². The average molecular weight is 302 g/mol. The van der Waals surface area contributed by atoms with Crippen LogP contribution in [-0.2, 0) is 0 Å². The summed E-state index contributed by atoms with van der Waals surface area (Å²) in [6.45, 7) is 3.13. The van der Waals surface area contributed by atoms with Crippen LogP contribution in [0.3, 0.4) is 0 Å². The maximum atomic E-state index is 13.7. The van der Waals surface area contributed by atoms with E-state index in [1.54, 1.807) is 0 Å². The van der Waals surface area contributed by atoms with E-state index >= 15 is 0 Å². The summed E-state index contributed by atoms with van der Waals surface area (Å²) in [7, 11) is 0. The lowest BCUT2D eigenvalue weighted by Crippen LogP contribution is -2.46. The number of hydrogen-bond donors (Lipinski definition) is 1. The van der Waals surface area contributed by atoms with Gasteiger partial charge in [0, 0.05) is 31.3 Å². The minimum absolute atomic E-state index is 0.0157. The Morgan fingerprint density at radius 3 is 2.90 bits per heavy atom. The van der Waals surface area contributed by atoms with E-state index in [1.807, 2.05) is 4.90 Å². The second kappa shape index (κ2) is 5.93. The molecule has 110 valence electrons. The molecule has 0 saturated carbocycles. The standard InChI is InChI=1S/C13H17ClFN3O2/c1-8-2-3-17(9(4-8)7-16)12-6-11(15)10(14)5-13(12)18(19)20/h5-6,8-9H,2-4,7,16H2,1H3. The molecule has 5 nitrogen and oxygen atoms in total. The zero-order chi connectivity index (χ0) is 14.9. The summed E-state index contributed by atoms with van der Waals surface area (Å²) in [5.74, 6) is -0.141. The van der Waals surface area contributed by atoms with Gasteiger partial charge in [0.1, 0.15) is 11.5 Å². The van der Waals surface area contributed by atoms with Crippen molar-refractivity contribution in [1.82, 2.24) is 0 Å². The van der Waals surface area contributed by atoms with Crippen molar-refractivity contribution in [3.63, 3.8) is 0 Å². The van der Waals surface area contributed by atoms with Crippen LogP contribution in [-0.4, -0.2) is 24.1 Å². The van der Waals surface area contributed by atoms with Gasteiger partial charge in [-0.2, -0.15) is 0 Å². The number of benzene rings is 1. The fourth-order valence-electron chi connectivity index (χ4n) is 2.69. The number of piperidine rings is 1. The monoisotopic (exact) mass is 301 g/mol. The molecule has 0 aliphatic carbocycles. The summed E-state index contributed by atoms with van der Waals surface area (Å²) in [5.41, 5.74) is 5.84. The van der Waals surface area contributed by atoms with Crippen molar-refractivity contribution in [2.45, 2.75) is 25.8 Å². The Labute approximate surface area is 121 Å². The number of rotatable bonds is 3. The van der Waals surface area contributed by atoms with E-state index in [1.165, 1.54) is 0 Å². The summed E-state index contributed by atoms with van der Waals surface area (Å²) in [4.78, 5) is 12.4. The Kier molecular flexibility index (Phi) is 4.45. The highest BCUT2D eigenvalue weighted by Gasteiger charge is 2.31. The Hall–Kier alpha value is -1.40. The van der Waals surface area contributed by atoms with E-state index in [9.17, 15) is 14.5 Å². The van der Waals surface area contributed by atoms with Crippen LogP contribution in [0.4, 0.5) is 15.8 Å². The van der Waals surface area contributed by atoms with Gasteiger partial charge in [0.05, 0.1) is 9.95 Å². The van der Waals surface area contributed by atoms with Crippen LogP contribution in [0.15, 0.2) is 12.1 Å². The SMILES string of the molecule is CC1CCN(c2cc(F)c(Cl)cc2[N+](=O)[O-])C(CN)C1. The molecule has 1 aromatic rings. The number of nitro groups is 1. The van der Waals surface area contributed by atoms with E-state index < -0.39 is 10.7 Å². The van der Waals surface area contributed by atoms with Crippen molar-refractivity contribution in [3.05, 3.63) is 33.1 Å². The molecule has 0 amide bonds. The Morgan fingerprint density at radius 2 is 2.30 bits per heavy atom. The molecule has 0 radical (unpaired) electrons. The van der Waals surface area contributed by atoms with Gasteiger partial charge in [-0.25, -0.2) is 4.39 Å². The maximum Gasteiger partial charge on any atom is 0.294 e. The molecule has 0 aromatic heterocycles. The van der Waals surface area contributed by atoms with Crippen molar-refractivity contribution >= 4 is 23.0 Å². The number of nitro benzene ring substituents is 1. The molecule has 1 fully saturated rings. The summed E-state index contributed by atoms with van der Waals surface area (Å²) < 4.78 is 13.7. The molecule has 1 aliphatic heterocycles. The van der Waals surface area contributed by atoms with Crippen molar-refractivity contribution < 1.29 is 9.31 Å². The lowest BCUT2D eigenvalue weighted by molar-refractivity contribution is -0.384. The molecule has 20 heavy (non-hydrogen) atoms. The second-order valence-corrected chi connectivity index (χ2v) is 5.63. The predicted molar refractivity (Wildman–Crippen MR) is 76.7 cm³/mol. The first-order chi connectivity index (χ1) is 9.43. The first kappa shape index (κ1) is 15.0. The lowest BCUT2D eigenvalue weighted by Gasteiger charge is -2.39. The van der Waals surface area contributed by atoms with Gasteiger partial charge >= 0.3 is 0 Å². The van der Waals surface area contributed by atoms with Crippen LogP contribution >= 0.6 is 11.6 Å². The highest BCUT2D eigenvalue weighted by Crippen LogP contribution is 2.37. The molecule has 0 spiro atoms. The van der Waals surface area contributed by atoms with Gasteiger partial charge in [-0.1, -0.05) is 18.5 Å². The van der Waals surface area contributed by atoms with Crippen molar-refractivity contribution in [2.24, 2.45) is 11.7 Å². The quantitative estimate of drug-likeness (QED) is 0.688. The van der Waals surface area contributed by atoms with Gasteiger partial charge < -0.3 is 10.6 Å². The first-order valence-corrected chi connectivity index (χ1v) is 6.92. The summed E-state index contributed by atoms with van der Waals surface area (Å²) >= 11 is 5.64. The summed E-state index contributed by atoms with van der Waals surface area (Å²) in [6, 6.07) is 2.19. The molecule has 1 heterocycles. The number of nitrogens with two attached hydrogens (primary N) is 1. The number of nitrogens with zero attached hydrogens (tertiary/aromatic N) is 2. The molecule has 2 rings (SSSR count). The Bertz CT molecular complexity index is 527. The molecule has 2 unspecified atom stereocenters. The molecular formula is C13H17ClFN3O2. The van der Waals surface area contributed by atoms with Gasteiger partial charge in [-0.05, 0) is 18.8 Å². The molecule has 1 aromatic carbocycles. The zero-order valence-corrected chi connectivity index (χ0v) is 11.9. The van der Waals surface area contributed by atoms with Crippen molar-refractivity contribution in [1.29, 1.82) is 0 Å². The third-order valence-corrected chi connectivity index (χ3v) is 4.06. The van der Waals surface area contributed by atoms with Gasteiger partial charge in [0.25, 0.3) is 5.69 Å². The Morgan fingerprint density at radius 1 is 1.60 bits per heavy atom. The van der Waals surface area contributed by atoms with E-state index in [-0.39, 0.29) is 22.4 Å². The molecule has 0 bridgehead atoms. The van der Waals surface area contributed by atoms with Crippen LogP contribution in [0.2, 0.25) is 5.02 Å². The van der Waals surface area contributed by atoms with Crippen molar-refractivity contribution in [3.8, 4) is 0 Å². The van der Waals surface area contributed by atoms with Gasteiger partial charge in [-0.3, -0.25) is 10.1 Å². The highest BCUT2D eigenvalue weighted by atomic mass is 35.5. The van der Waals surface area contributed by atoms with Crippen LogP contribution in [0.1, 0.15) is 19.8 Å². The number of anilines is 1.